The molecule has 9 heteroatoms. The van der Waals surface area contributed by atoms with Gasteiger partial charge in [-0.2, -0.15) is 0 Å². The number of benzene rings is 2. The Labute approximate surface area is 277 Å². The topological polar surface area (TPSA) is 90.4 Å². The smallest absolute Gasteiger partial charge is 0.310 e. The minimum absolute atomic E-state index is 0.0995. The van der Waals surface area contributed by atoms with Crippen molar-refractivity contribution in [2.24, 2.45) is 11.8 Å². The highest BCUT2D eigenvalue weighted by molar-refractivity contribution is 8.02. The lowest BCUT2D eigenvalue weighted by Crippen LogP contribution is -2.56. The minimum atomic E-state index is -0.884. The number of amides is 2. The van der Waals surface area contributed by atoms with E-state index in [1.165, 1.54) is 0 Å². The lowest BCUT2D eigenvalue weighted by molar-refractivity contribution is -0.154. The van der Waals surface area contributed by atoms with Crippen molar-refractivity contribution < 1.29 is 24.2 Å². The van der Waals surface area contributed by atoms with Crippen LogP contribution in [0.3, 0.4) is 0 Å². The molecule has 3 aliphatic heterocycles. The maximum atomic E-state index is 15.0. The standard InChI is InChI=1S/C37H47N3O5S/c1-5-9-10-14-24-45-36(44)31-30-21-22-37(46-30)32(31)34(42)40(29(25-41)26-15-12-11-13-16-26)33(37)35(43)39(23-6-2)28-19-17-27(18-20-28)38(7-3)8-4/h5-6,11-13,15-20,29-33,41H,1-2,7-10,14,21-25H2,3-4H3/t29-,30-,31+,32+,33?,37?/m1/s1. The minimum Gasteiger partial charge on any atom is -0.465 e. The van der Waals surface area contributed by atoms with Crippen LogP contribution in [0, 0.1) is 11.8 Å². The second kappa shape index (κ2) is 14.9. The van der Waals surface area contributed by atoms with Crippen molar-refractivity contribution in [1.29, 1.82) is 0 Å². The van der Waals surface area contributed by atoms with Crippen LogP contribution in [-0.2, 0) is 19.1 Å². The molecule has 2 unspecified atom stereocenters. The number of ether oxygens (including phenoxy) is 1. The average Bonchev–Trinajstić information content (AvgIpc) is 3.73. The molecule has 46 heavy (non-hydrogen) atoms. The molecular weight excluding hydrogens is 598 g/mol. The van der Waals surface area contributed by atoms with E-state index in [-0.39, 0.29) is 36.2 Å². The lowest BCUT2D eigenvalue weighted by atomic mass is 9.71. The van der Waals surface area contributed by atoms with Gasteiger partial charge in [0.1, 0.15) is 6.04 Å². The van der Waals surface area contributed by atoms with Crippen molar-refractivity contribution in [2.75, 3.05) is 42.6 Å². The SMILES string of the molecule is C=CCCCCOC(=O)[C@@H]1[C@H]2C(=O)N([C@H](CO)c3ccccc3)C(C(=O)N(CC=C)c3ccc(N(CC)CC)cc3)C23CC[C@H]1S3. The predicted molar refractivity (Wildman–Crippen MR) is 185 cm³/mol. The van der Waals surface area contributed by atoms with Crippen LogP contribution in [0.5, 0.6) is 0 Å². The summed E-state index contributed by atoms with van der Waals surface area (Å²) in [6.07, 6.45) is 7.34. The highest BCUT2D eigenvalue weighted by atomic mass is 32.2. The maximum Gasteiger partial charge on any atom is 0.310 e. The quantitative estimate of drug-likeness (QED) is 0.141. The number of aliphatic hydroxyl groups is 1. The van der Waals surface area contributed by atoms with Gasteiger partial charge in [0.05, 0.1) is 35.8 Å². The highest BCUT2D eigenvalue weighted by Gasteiger charge is 2.75. The number of likely N-dealkylation sites (tertiary alicyclic amines) is 1. The first-order valence-electron chi connectivity index (χ1n) is 16.6. The highest BCUT2D eigenvalue weighted by Crippen LogP contribution is 2.67. The number of aliphatic hydroxyl groups excluding tert-OH is 1. The van der Waals surface area contributed by atoms with Gasteiger partial charge in [-0.05, 0) is 75.8 Å². The normalized spacial score (nSPS) is 25.2. The maximum absolute atomic E-state index is 15.0. The zero-order valence-corrected chi connectivity index (χ0v) is 27.9. The third-order valence-electron chi connectivity index (χ3n) is 9.85. The Balaban J connectivity index is 1.53. The number of carbonyl (C=O) groups is 3. The third-order valence-corrected chi connectivity index (χ3v) is 11.8. The first-order chi connectivity index (χ1) is 22.4. The molecule has 8 nitrogen and oxygen atoms in total. The number of allylic oxidation sites excluding steroid dienone is 1. The summed E-state index contributed by atoms with van der Waals surface area (Å²) >= 11 is 1.61. The van der Waals surface area contributed by atoms with Gasteiger partial charge in [-0.25, -0.2) is 0 Å². The molecule has 0 aliphatic carbocycles. The van der Waals surface area contributed by atoms with Crippen molar-refractivity contribution >= 4 is 40.9 Å². The van der Waals surface area contributed by atoms with E-state index in [0.717, 1.165) is 50.0 Å². The Morgan fingerprint density at radius 1 is 1.07 bits per heavy atom. The number of thioether (sulfide) groups is 1. The molecule has 0 aromatic heterocycles. The van der Waals surface area contributed by atoms with Crippen LogP contribution in [0.1, 0.15) is 57.6 Å². The molecule has 2 aromatic rings. The van der Waals surface area contributed by atoms with E-state index in [1.54, 1.807) is 27.6 Å². The third kappa shape index (κ3) is 6.11. The van der Waals surface area contributed by atoms with Crippen LogP contribution in [0.4, 0.5) is 11.4 Å². The molecule has 1 spiro atoms. The summed E-state index contributed by atoms with van der Waals surface area (Å²) in [5, 5.41) is 10.7. The number of unbranched alkanes of at least 4 members (excludes halogenated alkanes) is 2. The van der Waals surface area contributed by atoms with E-state index in [2.05, 4.69) is 31.9 Å². The van der Waals surface area contributed by atoms with Crippen LogP contribution in [0.25, 0.3) is 0 Å². The fraction of sp³-hybridized carbons (Fsp3) is 0.486. The largest absolute Gasteiger partial charge is 0.465 e. The van der Waals surface area contributed by atoms with Crippen LogP contribution in [-0.4, -0.2) is 76.7 Å². The number of carbonyl (C=O) groups excluding carboxylic acids is 3. The van der Waals surface area contributed by atoms with Crippen molar-refractivity contribution in [1.82, 2.24) is 4.90 Å². The van der Waals surface area contributed by atoms with E-state index in [1.807, 2.05) is 60.7 Å². The Hall–Kier alpha value is -3.56. The molecule has 3 fully saturated rings. The van der Waals surface area contributed by atoms with Crippen LogP contribution < -0.4 is 9.80 Å². The molecule has 0 radical (unpaired) electrons. The van der Waals surface area contributed by atoms with Gasteiger partial charge in [0.15, 0.2) is 0 Å². The Kier molecular flexibility index (Phi) is 10.9. The van der Waals surface area contributed by atoms with Gasteiger partial charge in [0.25, 0.3) is 5.91 Å². The zero-order chi connectivity index (χ0) is 32.8. The van der Waals surface area contributed by atoms with Gasteiger partial charge in [-0.15, -0.1) is 24.9 Å². The van der Waals surface area contributed by atoms with Crippen molar-refractivity contribution in [3.8, 4) is 0 Å². The van der Waals surface area contributed by atoms with Crippen LogP contribution >= 0.6 is 11.8 Å². The number of esters is 1. The summed E-state index contributed by atoms with van der Waals surface area (Å²) in [5.41, 5.74) is 2.52. The summed E-state index contributed by atoms with van der Waals surface area (Å²) < 4.78 is 4.95. The van der Waals surface area contributed by atoms with Crippen molar-refractivity contribution in [2.45, 2.75) is 68.0 Å². The predicted octanol–water partition coefficient (Wildman–Crippen LogP) is 5.78. The zero-order valence-electron chi connectivity index (χ0n) is 27.1. The van der Waals surface area contributed by atoms with E-state index >= 15 is 4.79 Å². The molecule has 2 aromatic carbocycles. The van der Waals surface area contributed by atoms with Crippen molar-refractivity contribution in [3.63, 3.8) is 0 Å². The lowest BCUT2D eigenvalue weighted by Gasteiger charge is -2.39. The molecule has 3 heterocycles. The van der Waals surface area contributed by atoms with Crippen LogP contribution in [0.2, 0.25) is 0 Å². The number of nitrogens with zero attached hydrogens (tertiary/aromatic N) is 3. The van der Waals surface area contributed by atoms with Gasteiger partial charge in [-0.1, -0.05) is 42.5 Å². The summed E-state index contributed by atoms with van der Waals surface area (Å²) in [4.78, 5) is 48.9. The van der Waals surface area contributed by atoms with Gasteiger partial charge in [0.2, 0.25) is 5.91 Å². The molecule has 0 saturated carbocycles. The number of rotatable bonds is 16. The second-order valence-corrected chi connectivity index (χ2v) is 13.9. The summed E-state index contributed by atoms with van der Waals surface area (Å²) in [7, 11) is 0. The molecule has 5 rings (SSSR count). The van der Waals surface area contributed by atoms with E-state index in [9.17, 15) is 14.7 Å². The molecule has 2 amide bonds. The number of hydrogen-bond donors (Lipinski definition) is 1. The fourth-order valence-electron chi connectivity index (χ4n) is 7.69. The molecule has 246 valence electrons. The first kappa shape index (κ1) is 33.8. The van der Waals surface area contributed by atoms with Gasteiger partial charge < -0.3 is 24.5 Å². The first-order valence-corrected chi connectivity index (χ1v) is 17.4. The monoisotopic (exact) mass is 645 g/mol. The summed E-state index contributed by atoms with van der Waals surface area (Å²) in [5.74, 6) is -2.20. The Morgan fingerprint density at radius 2 is 1.76 bits per heavy atom. The molecular formula is C37H47N3O5S. The van der Waals surface area contributed by atoms with Crippen LogP contribution in [0.15, 0.2) is 79.9 Å². The summed E-state index contributed by atoms with van der Waals surface area (Å²) in [6, 6.07) is 15.6. The van der Waals surface area contributed by atoms with E-state index in [0.29, 0.717) is 18.7 Å². The summed E-state index contributed by atoms with van der Waals surface area (Å²) in [6.45, 7) is 13.8. The van der Waals surface area contributed by atoms with Gasteiger partial charge >= 0.3 is 5.97 Å². The Morgan fingerprint density at radius 3 is 2.39 bits per heavy atom. The number of hydrogen-bond acceptors (Lipinski definition) is 7. The Bertz CT molecular complexity index is 1400. The molecule has 6 atom stereocenters. The average molecular weight is 646 g/mol. The molecule has 3 aliphatic rings. The van der Waals surface area contributed by atoms with Gasteiger partial charge in [-0.3, -0.25) is 14.4 Å². The van der Waals surface area contributed by atoms with Crippen molar-refractivity contribution in [3.05, 3.63) is 85.5 Å². The fourth-order valence-corrected chi connectivity index (χ4v) is 9.88. The van der Waals surface area contributed by atoms with E-state index in [4.69, 9.17) is 4.74 Å². The number of fused-ring (bicyclic) bond motifs is 1. The molecule has 2 bridgehead atoms. The molecule has 1 N–H and O–H groups in total. The van der Waals surface area contributed by atoms with Gasteiger partial charge in [0, 0.05) is 36.3 Å². The molecule has 3 saturated heterocycles. The van der Waals surface area contributed by atoms with E-state index < -0.39 is 28.7 Å². The number of anilines is 2. The second-order valence-electron chi connectivity index (χ2n) is 12.3.